The lowest BCUT2D eigenvalue weighted by molar-refractivity contribution is -0.137. The number of ether oxygens (including phenoxy) is 2. The molecule has 0 radical (unpaired) electrons. The molecule has 1 aromatic rings. The van der Waals surface area contributed by atoms with Gasteiger partial charge in [0.05, 0.1) is 17.9 Å². The minimum Gasteiger partial charge on any atom is -0.494 e. The maximum atomic E-state index is 12.3. The first-order valence-electron chi connectivity index (χ1n) is 7.57. The van der Waals surface area contributed by atoms with Crippen LogP contribution in [0.15, 0.2) is 18.2 Å². The van der Waals surface area contributed by atoms with Crippen molar-refractivity contribution in [3.8, 4) is 11.8 Å². The molecular weight excluding hydrogens is 280 g/mol. The number of nitrogens with one attached hydrogen (secondary N) is 1. The van der Waals surface area contributed by atoms with Gasteiger partial charge in [-0.2, -0.15) is 5.26 Å². The number of hydrogen-bond acceptors (Lipinski definition) is 4. The Hall–Kier alpha value is -2.06. The number of nitrogens with zero attached hydrogens (tertiary/aromatic N) is 1. The zero-order valence-corrected chi connectivity index (χ0v) is 13.7. The molecule has 5 nitrogen and oxygen atoms in total. The van der Waals surface area contributed by atoms with E-state index in [1.165, 1.54) is 0 Å². The number of amides is 1. The van der Waals surface area contributed by atoms with E-state index < -0.39 is 5.60 Å². The number of rotatable bonds is 8. The van der Waals surface area contributed by atoms with E-state index in [0.717, 1.165) is 12.8 Å². The first-order chi connectivity index (χ1) is 10.4. The Balaban J connectivity index is 2.84. The van der Waals surface area contributed by atoms with Crippen LogP contribution in [0.25, 0.3) is 0 Å². The van der Waals surface area contributed by atoms with Crippen molar-refractivity contribution in [1.29, 1.82) is 5.26 Å². The van der Waals surface area contributed by atoms with Gasteiger partial charge in [0, 0.05) is 6.61 Å². The molecule has 5 heteroatoms. The highest BCUT2D eigenvalue weighted by Crippen LogP contribution is 2.23. The van der Waals surface area contributed by atoms with Crippen molar-refractivity contribution in [3.05, 3.63) is 23.8 Å². The summed E-state index contributed by atoms with van der Waals surface area (Å²) in [5.74, 6) is 0.345. The molecule has 0 unspecified atom stereocenters. The summed E-state index contributed by atoms with van der Waals surface area (Å²) in [5, 5.41) is 12.0. The van der Waals surface area contributed by atoms with Crippen LogP contribution in [0.2, 0.25) is 0 Å². The maximum Gasteiger partial charge on any atom is 0.256 e. The second kappa shape index (κ2) is 8.40. The van der Waals surface area contributed by atoms with Gasteiger partial charge in [-0.05, 0) is 44.9 Å². The minimum atomic E-state index is -0.944. The van der Waals surface area contributed by atoms with Gasteiger partial charge in [-0.3, -0.25) is 4.79 Å². The average Bonchev–Trinajstić information content (AvgIpc) is 2.51. The van der Waals surface area contributed by atoms with E-state index in [-0.39, 0.29) is 5.91 Å². The van der Waals surface area contributed by atoms with Gasteiger partial charge in [0.25, 0.3) is 5.91 Å². The molecule has 0 saturated carbocycles. The molecule has 1 aromatic carbocycles. The van der Waals surface area contributed by atoms with Gasteiger partial charge in [0.15, 0.2) is 0 Å². The Morgan fingerprint density at radius 1 is 1.27 bits per heavy atom. The summed E-state index contributed by atoms with van der Waals surface area (Å²) in [7, 11) is 0. The minimum absolute atomic E-state index is 0.278. The Bertz CT molecular complexity index is 547. The number of hydrogen-bond donors (Lipinski definition) is 1. The van der Waals surface area contributed by atoms with Crippen LogP contribution in [0.3, 0.4) is 0 Å². The van der Waals surface area contributed by atoms with E-state index >= 15 is 0 Å². The van der Waals surface area contributed by atoms with Gasteiger partial charge in [-0.25, -0.2) is 0 Å². The summed E-state index contributed by atoms with van der Waals surface area (Å²) < 4.78 is 11.0. The molecule has 1 N–H and O–H groups in total. The largest absolute Gasteiger partial charge is 0.494 e. The third-order valence-electron chi connectivity index (χ3n) is 3.05. The molecule has 0 aliphatic rings. The van der Waals surface area contributed by atoms with Gasteiger partial charge in [-0.15, -0.1) is 0 Å². The molecule has 0 bridgehead atoms. The van der Waals surface area contributed by atoms with E-state index in [1.807, 2.05) is 13.8 Å². The second-order valence-electron chi connectivity index (χ2n) is 5.48. The Morgan fingerprint density at radius 3 is 2.55 bits per heavy atom. The van der Waals surface area contributed by atoms with Gasteiger partial charge >= 0.3 is 0 Å². The molecule has 0 fully saturated rings. The van der Waals surface area contributed by atoms with E-state index in [2.05, 4.69) is 11.4 Å². The lowest BCUT2D eigenvalue weighted by atomic mass is 10.1. The number of anilines is 1. The van der Waals surface area contributed by atoms with Crippen molar-refractivity contribution in [2.45, 2.75) is 46.1 Å². The number of nitriles is 1. The first kappa shape index (κ1) is 18.0. The highest BCUT2D eigenvalue weighted by molar-refractivity contribution is 5.97. The monoisotopic (exact) mass is 304 g/mol. The van der Waals surface area contributed by atoms with E-state index in [4.69, 9.17) is 9.47 Å². The molecule has 120 valence electrons. The zero-order chi connectivity index (χ0) is 16.6. The quantitative estimate of drug-likeness (QED) is 0.798. The Kier molecular flexibility index (Phi) is 6.87. The molecule has 0 saturated heterocycles. The summed E-state index contributed by atoms with van der Waals surface area (Å²) in [4.78, 5) is 12.3. The Labute approximate surface area is 132 Å². The van der Waals surface area contributed by atoms with Crippen molar-refractivity contribution in [2.75, 3.05) is 18.5 Å². The fraction of sp³-hybridized carbons (Fsp3) is 0.529. The van der Waals surface area contributed by atoms with Crippen molar-refractivity contribution in [2.24, 2.45) is 0 Å². The summed E-state index contributed by atoms with van der Waals surface area (Å²) in [6.45, 7) is 8.52. The normalized spacial score (nSPS) is 10.9. The summed E-state index contributed by atoms with van der Waals surface area (Å²) in [5.41, 5.74) is -0.113. The average molecular weight is 304 g/mol. The van der Waals surface area contributed by atoms with Gasteiger partial charge in [0.2, 0.25) is 0 Å². The Morgan fingerprint density at radius 2 is 1.95 bits per heavy atom. The highest BCUT2D eigenvalue weighted by atomic mass is 16.5. The topological polar surface area (TPSA) is 71.3 Å². The van der Waals surface area contributed by atoms with Crippen molar-refractivity contribution in [1.82, 2.24) is 0 Å². The molecule has 1 amide bonds. The van der Waals surface area contributed by atoms with Gasteiger partial charge in [0.1, 0.15) is 17.4 Å². The van der Waals surface area contributed by atoms with E-state index in [0.29, 0.717) is 30.2 Å². The molecule has 0 aliphatic carbocycles. The third-order valence-corrected chi connectivity index (χ3v) is 3.05. The predicted molar refractivity (Wildman–Crippen MR) is 85.9 cm³/mol. The number of benzene rings is 1. The van der Waals surface area contributed by atoms with Crippen LogP contribution in [0.1, 0.15) is 46.1 Å². The molecule has 0 heterocycles. The molecular formula is C17H24N2O3. The van der Waals surface area contributed by atoms with Crippen LogP contribution in [-0.2, 0) is 9.53 Å². The maximum absolute atomic E-state index is 12.3. The fourth-order valence-electron chi connectivity index (χ4n) is 1.73. The van der Waals surface area contributed by atoms with Crippen LogP contribution < -0.4 is 10.1 Å². The van der Waals surface area contributed by atoms with Gasteiger partial charge in [-0.1, -0.05) is 13.8 Å². The van der Waals surface area contributed by atoms with E-state index in [9.17, 15) is 10.1 Å². The molecule has 0 atom stereocenters. The van der Waals surface area contributed by atoms with Crippen LogP contribution in [0.5, 0.6) is 5.75 Å². The van der Waals surface area contributed by atoms with Crippen LogP contribution in [0, 0.1) is 11.3 Å². The van der Waals surface area contributed by atoms with Crippen LogP contribution in [0.4, 0.5) is 5.69 Å². The smallest absolute Gasteiger partial charge is 0.256 e. The van der Waals surface area contributed by atoms with Gasteiger partial charge < -0.3 is 14.8 Å². The third kappa shape index (κ3) is 5.05. The van der Waals surface area contributed by atoms with Crippen molar-refractivity contribution >= 4 is 11.6 Å². The number of carbonyl (C=O) groups is 1. The van der Waals surface area contributed by atoms with Crippen molar-refractivity contribution in [3.63, 3.8) is 0 Å². The second-order valence-corrected chi connectivity index (χ2v) is 5.48. The first-order valence-corrected chi connectivity index (χ1v) is 7.57. The van der Waals surface area contributed by atoms with E-state index in [1.54, 1.807) is 32.0 Å². The predicted octanol–water partition coefficient (Wildman–Crippen LogP) is 3.49. The van der Waals surface area contributed by atoms with Crippen LogP contribution in [-0.4, -0.2) is 24.7 Å². The summed E-state index contributed by atoms with van der Waals surface area (Å²) in [6.07, 6.45) is 1.73. The fourth-order valence-corrected chi connectivity index (χ4v) is 1.73. The molecule has 0 aromatic heterocycles. The van der Waals surface area contributed by atoms with Crippen LogP contribution >= 0.6 is 0 Å². The molecule has 1 rings (SSSR count). The standard InChI is InChI=1S/C17H24N2O3/c1-5-9-21-14-7-8-15(13(11-14)12-18)19-16(20)17(3,4)22-10-6-2/h7-8,11H,5-6,9-10H2,1-4H3,(H,19,20). The lowest BCUT2D eigenvalue weighted by Crippen LogP contribution is -2.40. The molecule has 22 heavy (non-hydrogen) atoms. The SMILES string of the molecule is CCCOc1ccc(NC(=O)C(C)(C)OCCC)c(C#N)c1. The lowest BCUT2D eigenvalue weighted by Gasteiger charge is -2.24. The molecule has 0 spiro atoms. The van der Waals surface area contributed by atoms with Crippen molar-refractivity contribution < 1.29 is 14.3 Å². The summed E-state index contributed by atoms with van der Waals surface area (Å²) in [6, 6.07) is 7.13. The molecule has 0 aliphatic heterocycles. The highest BCUT2D eigenvalue weighted by Gasteiger charge is 2.28. The number of carbonyl (C=O) groups excluding carboxylic acids is 1. The zero-order valence-electron chi connectivity index (χ0n) is 13.7. The summed E-state index contributed by atoms with van der Waals surface area (Å²) >= 11 is 0.